The summed E-state index contributed by atoms with van der Waals surface area (Å²) in [6, 6.07) is 14.8. The zero-order valence-corrected chi connectivity index (χ0v) is 13.5. The fourth-order valence-corrected chi connectivity index (χ4v) is 2.75. The number of carboxylic acids is 1. The summed E-state index contributed by atoms with van der Waals surface area (Å²) in [6.07, 6.45) is 2.31. The SMILES string of the molecule is COc1ccc(CN[C@H](Cc2c[nH]c3ccccc23)C(=O)O)cc1. The van der Waals surface area contributed by atoms with Crippen molar-refractivity contribution in [3.05, 3.63) is 65.9 Å². The predicted octanol–water partition coefficient (Wildman–Crippen LogP) is 2.96. The Morgan fingerprint density at radius 3 is 2.67 bits per heavy atom. The third-order valence-electron chi connectivity index (χ3n) is 4.11. The van der Waals surface area contributed by atoms with E-state index in [1.165, 1.54) is 0 Å². The first-order chi connectivity index (χ1) is 11.7. The van der Waals surface area contributed by atoms with Crippen molar-refractivity contribution in [2.45, 2.75) is 19.0 Å². The third kappa shape index (κ3) is 3.58. The second-order valence-electron chi connectivity index (χ2n) is 5.68. The van der Waals surface area contributed by atoms with Gasteiger partial charge in [-0.3, -0.25) is 4.79 Å². The van der Waals surface area contributed by atoms with Crippen molar-refractivity contribution in [1.82, 2.24) is 10.3 Å². The lowest BCUT2D eigenvalue weighted by Gasteiger charge is -2.14. The molecule has 0 fully saturated rings. The number of benzene rings is 2. The van der Waals surface area contributed by atoms with Crippen LogP contribution in [0, 0.1) is 0 Å². The number of aromatic amines is 1. The van der Waals surface area contributed by atoms with Crippen LogP contribution in [0.25, 0.3) is 10.9 Å². The molecule has 0 unspecified atom stereocenters. The van der Waals surface area contributed by atoms with Gasteiger partial charge in [0.15, 0.2) is 0 Å². The van der Waals surface area contributed by atoms with E-state index in [1.807, 2.05) is 54.7 Å². The molecule has 2 aromatic carbocycles. The number of rotatable bonds is 7. The van der Waals surface area contributed by atoms with Gasteiger partial charge in [-0.15, -0.1) is 0 Å². The fraction of sp³-hybridized carbons (Fsp3) is 0.211. The van der Waals surface area contributed by atoms with Crippen molar-refractivity contribution in [2.75, 3.05) is 7.11 Å². The third-order valence-corrected chi connectivity index (χ3v) is 4.11. The number of ether oxygens (including phenoxy) is 1. The molecule has 0 aliphatic carbocycles. The molecule has 0 aliphatic rings. The van der Waals surface area contributed by atoms with Crippen LogP contribution in [0.3, 0.4) is 0 Å². The van der Waals surface area contributed by atoms with E-state index in [2.05, 4.69) is 10.3 Å². The van der Waals surface area contributed by atoms with Crippen LogP contribution < -0.4 is 10.1 Å². The molecule has 0 aliphatic heterocycles. The summed E-state index contributed by atoms with van der Waals surface area (Å²) in [5.41, 5.74) is 3.04. The van der Waals surface area contributed by atoms with E-state index in [1.54, 1.807) is 7.11 Å². The van der Waals surface area contributed by atoms with Gasteiger partial charge in [-0.25, -0.2) is 0 Å². The predicted molar refractivity (Wildman–Crippen MR) is 93.3 cm³/mol. The smallest absolute Gasteiger partial charge is 0.321 e. The van der Waals surface area contributed by atoms with E-state index < -0.39 is 12.0 Å². The topological polar surface area (TPSA) is 74.3 Å². The Kier molecular flexibility index (Phi) is 4.82. The Labute approximate surface area is 140 Å². The van der Waals surface area contributed by atoms with Crippen molar-refractivity contribution in [3.8, 4) is 5.75 Å². The van der Waals surface area contributed by atoms with Gasteiger partial charge in [-0.1, -0.05) is 30.3 Å². The van der Waals surface area contributed by atoms with Crippen LogP contribution in [-0.2, 0) is 17.8 Å². The molecule has 0 saturated heterocycles. The molecule has 1 heterocycles. The van der Waals surface area contributed by atoms with E-state index in [0.717, 1.165) is 27.8 Å². The average molecular weight is 324 g/mol. The molecule has 5 nitrogen and oxygen atoms in total. The van der Waals surface area contributed by atoms with E-state index >= 15 is 0 Å². The Bertz CT molecular complexity index is 824. The Morgan fingerprint density at radius 1 is 1.21 bits per heavy atom. The van der Waals surface area contributed by atoms with Crippen LogP contribution in [0.5, 0.6) is 5.75 Å². The summed E-state index contributed by atoms with van der Waals surface area (Å²) in [5, 5.41) is 13.7. The second kappa shape index (κ2) is 7.19. The van der Waals surface area contributed by atoms with Crippen LogP contribution in [0.15, 0.2) is 54.7 Å². The van der Waals surface area contributed by atoms with Crippen LogP contribution in [-0.4, -0.2) is 29.2 Å². The molecule has 0 radical (unpaired) electrons. The number of aliphatic carboxylic acids is 1. The van der Waals surface area contributed by atoms with Gasteiger partial charge in [0.05, 0.1) is 7.11 Å². The van der Waals surface area contributed by atoms with Crippen molar-refractivity contribution in [3.63, 3.8) is 0 Å². The lowest BCUT2D eigenvalue weighted by molar-refractivity contribution is -0.139. The lowest BCUT2D eigenvalue weighted by Crippen LogP contribution is -2.38. The molecule has 1 atom stereocenters. The molecule has 3 aromatic rings. The second-order valence-corrected chi connectivity index (χ2v) is 5.68. The van der Waals surface area contributed by atoms with Gasteiger partial charge in [0.25, 0.3) is 0 Å². The van der Waals surface area contributed by atoms with Gasteiger partial charge >= 0.3 is 5.97 Å². The first-order valence-corrected chi connectivity index (χ1v) is 7.81. The average Bonchev–Trinajstić information content (AvgIpc) is 3.02. The van der Waals surface area contributed by atoms with Gasteiger partial charge in [-0.05, 0) is 29.3 Å². The maximum atomic E-state index is 11.6. The first-order valence-electron chi connectivity index (χ1n) is 7.81. The van der Waals surface area contributed by atoms with E-state index in [4.69, 9.17) is 4.74 Å². The molecule has 0 saturated carbocycles. The van der Waals surface area contributed by atoms with Gasteiger partial charge in [-0.2, -0.15) is 0 Å². The molecular weight excluding hydrogens is 304 g/mol. The van der Waals surface area contributed by atoms with Gasteiger partial charge in [0.2, 0.25) is 0 Å². The molecule has 3 rings (SSSR count). The van der Waals surface area contributed by atoms with Crippen LogP contribution in [0.2, 0.25) is 0 Å². The Balaban J connectivity index is 1.69. The molecule has 0 amide bonds. The van der Waals surface area contributed by atoms with Crippen LogP contribution in [0.4, 0.5) is 0 Å². The van der Waals surface area contributed by atoms with Crippen molar-refractivity contribution >= 4 is 16.9 Å². The molecule has 3 N–H and O–H groups in total. The number of fused-ring (bicyclic) bond motifs is 1. The zero-order valence-electron chi connectivity index (χ0n) is 13.5. The van der Waals surface area contributed by atoms with E-state index in [-0.39, 0.29) is 0 Å². The minimum atomic E-state index is -0.853. The highest BCUT2D eigenvalue weighted by atomic mass is 16.5. The molecule has 24 heavy (non-hydrogen) atoms. The number of hydrogen-bond acceptors (Lipinski definition) is 3. The summed E-state index contributed by atoms with van der Waals surface area (Å²) in [5.74, 6) is -0.0684. The number of hydrogen-bond donors (Lipinski definition) is 3. The standard InChI is InChI=1S/C19H20N2O3/c1-24-15-8-6-13(7-9-15)11-20-18(19(22)23)10-14-12-21-17-5-3-2-4-16(14)17/h2-9,12,18,20-21H,10-11H2,1H3,(H,22,23)/t18-/m1/s1. The molecule has 1 aromatic heterocycles. The summed E-state index contributed by atoms with van der Waals surface area (Å²) in [4.78, 5) is 14.8. The van der Waals surface area contributed by atoms with Crippen molar-refractivity contribution < 1.29 is 14.6 Å². The summed E-state index contributed by atoms with van der Waals surface area (Å²) < 4.78 is 5.13. The minimum absolute atomic E-state index is 0.426. The highest BCUT2D eigenvalue weighted by Gasteiger charge is 2.19. The molecule has 0 spiro atoms. The number of H-pyrrole nitrogens is 1. The molecule has 0 bridgehead atoms. The number of para-hydroxylation sites is 1. The number of carbonyl (C=O) groups is 1. The number of aromatic nitrogens is 1. The molecule has 5 heteroatoms. The summed E-state index contributed by atoms with van der Waals surface area (Å²) in [7, 11) is 1.62. The first kappa shape index (κ1) is 16.1. The van der Waals surface area contributed by atoms with Crippen molar-refractivity contribution in [1.29, 1.82) is 0 Å². The minimum Gasteiger partial charge on any atom is -0.497 e. The quantitative estimate of drug-likeness (QED) is 0.625. The van der Waals surface area contributed by atoms with Gasteiger partial charge in [0.1, 0.15) is 11.8 Å². The highest BCUT2D eigenvalue weighted by molar-refractivity contribution is 5.84. The zero-order chi connectivity index (χ0) is 16.9. The number of nitrogens with one attached hydrogen (secondary N) is 2. The monoisotopic (exact) mass is 324 g/mol. The van der Waals surface area contributed by atoms with E-state index in [9.17, 15) is 9.90 Å². The molecule has 124 valence electrons. The van der Waals surface area contributed by atoms with E-state index in [0.29, 0.717) is 13.0 Å². The number of carboxylic acid groups (broad SMARTS) is 1. The Morgan fingerprint density at radius 2 is 1.96 bits per heavy atom. The van der Waals surface area contributed by atoms with Crippen molar-refractivity contribution in [2.24, 2.45) is 0 Å². The largest absolute Gasteiger partial charge is 0.497 e. The van der Waals surface area contributed by atoms with Gasteiger partial charge in [0, 0.05) is 30.1 Å². The normalized spacial score (nSPS) is 12.2. The fourth-order valence-electron chi connectivity index (χ4n) is 2.75. The molecular formula is C19H20N2O3. The van der Waals surface area contributed by atoms with Crippen LogP contribution >= 0.6 is 0 Å². The number of methoxy groups -OCH3 is 1. The lowest BCUT2D eigenvalue weighted by atomic mass is 10.0. The van der Waals surface area contributed by atoms with Gasteiger partial charge < -0.3 is 20.1 Å². The Hall–Kier alpha value is -2.79. The highest BCUT2D eigenvalue weighted by Crippen LogP contribution is 2.19. The van der Waals surface area contributed by atoms with Crippen LogP contribution in [0.1, 0.15) is 11.1 Å². The maximum Gasteiger partial charge on any atom is 0.321 e. The summed E-state index contributed by atoms with van der Waals surface area (Å²) in [6.45, 7) is 0.489. The maximum absolute atomic E-state index is 11.6. The summed E-state index contributed by atoms with van der Waals surface area (Å²) >= 11 is 0.